The Balaban J connectivity index is 2.08. The maximum atomic E-state index is 12.4. The minimum atomic E-state index is -1.72. The predicted molar refractivity (Wildman–Crippen MR) is 113 cm³/mol. The first-order valence-corrected chi connectivity index (χ1v) is 12.9. The van der Waals surface area contributed by atoms with Crippen LogP contribution in [0.4, 0.5) is 5.69 Å². The number of carbonyl (C=O) groups is 1. The average Bonchev–Trinajstić information content (AvgIpc) is 2.46. The fraction of sp³-hybridized carbons (Fsp3) is 0.682. The highest BCUT2D eigenvalue weighted by Gasteiger charge is 2.40. The Morgan fingerprint density at radius 1 is 1.04 bits per heavy atom. The molecular formula is C22H37NO2Si. The van der Waals surface area contributed by atoms with E-state index in [-0.39, 0.29) is 17.0 Å². The summed E-state index contributed by atoms with van der Waals surface area (Å²) in [6.07, 6.45) is 4.48. The monoisotopic (exact) mass is 375 g/mol. The van der Waals surface area contributed by atoms with Crippen molar-refractivity contribution in [3.63, 3.8) is 0 Å². The van der Waals surface area contributed by atoms with Crippen molar-refractivity contribution < 1.29 is 9.22 Å². The van der Waals surface area contributed by atoms with Crippen molar-refractivity contribution in [1.29, 1.82) is 0 Å². The smallest absolute Gasteiger partial charge is 0.224 e. The first-order chi connectivity index (χ1) is 11.9. The normalized spacial score (nSPS) is 21.5. The lowest BCUT2D eigenvalue weighted by Crippen LogP contribution is -2.47. The van der Waals surface area contributed by atoms with Gasteiger partial charge in [0.2, 0.25) is 5.91 Å². The van der Waals surface area contributed by atoms with Gasteiger partial charge in [-0.15, -0.1) is 0 Å². The molecule has 1 aromatic carbocycles. The molecular weight excluding hydrogens is 338 g/mol. The Bertz CT molecular complexity index is 620. The molecule has 1 aliphatic rings. The summed E-state index contributed by atoms with van der Waals surface area (Å²) in [6, 6.07) is 6.71. The number of hydrogen-bond donors (Lipinski definition) is 0. The first kappa shape index (κ1) is 21.2. The summed E-state index contributed by atoms with van der Waals surface area (Å²) in [5, 5.41) is 0.244. The molecule has 1 aliphatic carbocycles. The van der Waals surface area contributed by atoms with Crippen LogP contribution < -0.4 is 4.90 Å². The lowest BCUT2D eigenvalue weighted by Gasteiger charge is -2.42. The molecule has 146 valence electrons. The first-order valence-electron chi connectivity index (χ1n) is 9.96. The van der Waals surface area contributed by atoms with E-state index in [4.69, 9.17) is 4.43 Å². The molecule has 4 heteroatoms. The maximum Gasteiger partial charge on any atom is 0.224 e. The molecule has 0 unspecified atom stereocenters. The molecule has 0 saturated heterocycles. The van der Waals surface area contributed by atoms with Gasteiger partial charge in [-0.3, -0.25) is 4.79 Å². The Morgan fingerprint density at radius 2 is 1.54 bits per heavy atom. The second-order valence-electron chi connectivity index (χ2n) is 9.54. The summed E-state index contributed by atoms with van der Waals surface area (Å²) in [5.41, 5.74) is 3.46. The summed E-state index contributed by atoms with van der Waals surface area (Å²) < 4.78 is 6.61. The molecule has 3 nitrogen and oxygen atoms in total. The van der Waals surface area contributed by atoms with Crippen LogP contribution in [0.1, 0.15) is 64.5 Å². The fourth-order valence-corrected chi connectivity index (χ4v) is 5.18. The Morgan fingerprint density at radius 3 is 1.96 bits per heavy atom. The fourth-order valence-electron chi connectivity index (χ4n) is 3.75. The molecule has 0 bridgehead atoms. The Labute approximate surface area is 161 Å². The maximum absolute atomic E-state index is 12.4. The van der Waals surface area contributed by atoms with Gasteiger partial charge in [0, 0.05) is 24.8 Å². The number of amides is 1. The number of rotatable bonds is 4. The van der Waals surface area contributed by atoms with Crippen LogP contribution in [0.3, 0.4) is 0 Å². The third-order valence-corrected chi connectivity index (χ3v) is 10.6. The van der Waals surface area contributed by atoms with Gasteiger partial charge in [-0.2, -0.15) is 0 Å². The topological polar surface area (TPSA) is 29.5 Å². The Kier molecular flexibility index (Phi) is 6.39. The van der Waals surface area contributed by atoms with Crippen molar-refractivity contribution in [3.05, 3.63) is 29.3 Å². The number of aryl methyl sites for hydroxylation is 2. The van der Waals surface area contributed by atoms with Gasteiger partial charge < -0.3 is 9.33 Å². The number of anilines is 1. The zero-order chi connectivity index (χ0) is 19.7. The van der Waals surface area contributed by atoms with E-state index in [1.165, 1.54) is 11.1 Å². The van der Waals surface area contributed by atoms with Crippen LogP contribution in [0.5, 0.6) is 0 Å². The van der Waals surface area contributed by atoms with Crippen LogP contribution in [0.25, 0.3) is 0 Å². The van der Waals surface area contributed by atoms with E-state index >= 15 is 0 Å². The van der Waals surface area contributed by atoms with E-state index in [9.17, 15) is 4.79 Å². The number of benzene rings is 1. The third-order valence-electron chi connectivity index (χ3n) is 6.10. The predicted octanol–water partition coefficient (Wildman–Crippen LogP) is 5.99. The Hall–Kier alpha value is -1.13. The lowest BCUT2D eigenvalue weighted by molar-refractivity contribution is -0.117. The van der Waals surface area contributed by atoms with Gasteiger partial charge in [-0.25, -0.2) is 0 Å². The molecule has 1 saturated carbocycles. The average molecular weight is 376 g/mol. The van der Waals surface area contributed by atoms with Crippen LogP contribution >= 0.6 is 0 Å². The highest BCUT2D eigenvalue weighted by Crippen LogP contribution is 2.39. The van der Waals surface area contributed by atoms with Crippen LogP contribution in [0.2, 0.25) is 18.1 Å². The van der Waals surface area contributed by atoms with E-state index in [1.54, 1.807) is 6.92 Å². The van der Waals surface area contributed by atoms with Crippen LogP contribution in [-0.2, 0) is 9.22 Å². The molecule has 2 rings (SSSR count). The van der Waals surface area contributed by atoms with Crippen molar-refractivity contribution in [3.8, 4) is 0 Å². The van der Waals surface area contributed by atoms with Crippen molar-refractivity contribution in [2.75, 3.05) is 4.90 Å². The molecule has 0 atom stereocenters. The van der Waals surface area contributed by atoms with E-state index in [2.05, 4.69) is 65.9 Å². The van der Waals surface area contributed by atoms with Gasteiger partial charge in [-0.1, -0.05) is 26.8 Å². The molecule has 0 aromatic heterocycles. The largest absolute Gasteiger partial charge is 0.414 e. The molecule has 0 N–H and O–H groups in total. The molecule has 0 spiro atoms. The molecule has 26 heavy (non-hydrogen) atoms. The van der Waals surface area contributed by atoms with E-state index < -0.39 is 8.32 Å². The second kappa shape index (κ2) is 7.85. The van der Waals surface area contributed by atoms with E-state index in [1.807, 2.05) is 4.90 Å². The second-order valence-corrected chi connectivity index (χ2v) is 14.3. The molecule has 0 radical (unpaired) electrons. The van der Waals surface area contributed by atoms with E-state index in [0.717, 1.165) is 31.4 Å². The third kappa shape index (κ3) is 4.98. The van der Waals surface area contributed by atoms with Gasteiger partial charge in [-0.05, 0) is 80.9 Å². The van der Waals surface area contributed by atoms with E-state index in [0.29, 0.717) is 6.10 Å². The van der Waals surface area contributed by atoms with Crippen LogP contribution in [-0.4, -0.2) is 26.4 Å². The SMILES string of the molecule is CC(=O)N(c1cc(C)cc(C)c1)C1CCC(O[Si](C)(C)C(C)(C)C)CC1. The van der Waals surface area contributed by atoms with Crippen molar-refractivity contribution in [2.24, 2.45) is 0 Å². The van der Waals surface area contributed by atoms with Gasteiger partial charge in [0.25, 0.3) is 0 Å². The lowest BCUT2D eigenvalue weighted by atomic mass is 9.91. The standard InChI is InChI=1S/C22H37NO2Si/c1-16-13-17(2)15-20(14-16)23(18(3)24)19-9-11-21(12-10-19)25-26(7,8)22(4,5)6/h13-15,19,21H,9-12H2,1-8H3. The highest BCUT2D eigenvalue weighted by atomic mass is 28.4. The summed E-state index contributed by atoms with van der Waals surface area (Å²) >= 11 is 0. The zero-order valence-corrected chi connectivity index (χ0v) is 19.0. The summed E-state index contributed by atoms with van der Waals surface area (Å²) in [6.45, 7) is 17.4. The van der Waals surface area contributed by atoms with Crippen molar-refractivity contribution in [2.45, 2.75) is 97.5 Å². The van der Waals surface area contributed by atoms with Gasteiger partial charge >= 0.3 is 0 Å². The highest BCUT2D eigenvalue weighted by molar-refractivity contribution is 6.74. The zero-order valence-electron chi connectivity index (χ0n) is 18.0. The van der Waals surface area contributed by atoms with Crippen LogP contribution in [0, 0.1) is 13.8 Å². The molecule has 0 aliphatic heterocycles. The molecule has 1 aromatic rings. The summed E-state index contributed by atoms with van der Waals surface area (Å²) in [4.78, 5) is 14.4. The van der Waals surface area contributed by atoms with Gasteiger partial charge in [0.05, 0.1) is 0 Å². The minimum absolute atomic E-state index is 0.142. The van der Waals surface area contributed by atoms with Crippen LogP contribution in [0.15, 0.2) is 18.2 Å². The number of carbonyl (C=O) groups excluding carboxylic acids is 1. The van der Waals surface area contributed by atoms with Gasteiger partial charge in [0.15, 0.2) is 8.32 Å². The van der Waals surface area contributed by atoms with Crippen molar-refractivity contribution in [1.82, 2.24) is 0 Å². The quantitative estimate of drug-likeness (QED) is 0.605. The number of nitrogens with zero attached hydrogens (tertiary/aromatic N) is 1. The summed E-state index contributed by atoms with van der Waals surface area (Å²) in [5.74, 6) is 0.142. The van der Waals surface area contributed by atoms with Crippen molar-refractivity contribution >= 4 is 19.9 Å². The van der Waals surface area contributed by atoms with Gasteiger partial charge in [0.1, 0.15) is 0 Å². The molecule has 1 fully saturated rings. The molecule has 1 amide bonds. The minimum Gasteiger partial charge on any atom is -0.414 e. The molecule has 0 heterocycles. The summed E-state index contributed by atoms with van der Waals surface area (Å²) in [7, 11) is -1.72. The number of hydrogen-bond acceptors (Lipinski definition) is 2.